The SMILES string of the molecule is O=C(Cn1c2c(sc1=O)[C@@H](c1ccccc1O)C1C(=O)N(c3ccc(Cl)cc3)C(=O)C1S2)Nc1ccc(Cl)cc1. The second-order valence-electron chi connectivity index (χ2n) is 9.27. The first-order chi connectivity index (χ1) is 19.2. The zero-order valence-corrected chi connectivity index (χ0v) is 23.6. The van der Waals surface area contributed by atoms with E-state index in [1.165, 1.54) is 10.6 Å². The smallest absolute Gasteiger partial charge is 0.308 e. The lowest BCUT2D eigenvalue weighted by Gasteiger charge is -2.31. The summed E-state index contributed by atoms with van der Waals surface area (Å²) < 4.78 is 1.32. The molecule has 3 aromatic carbocycles. The van der Waals surface area contributed by atoms with Crippen LogP contribution in [-0.4, -0.2) is 32.6 Å². The predicted molar refractivity (Wildman–Crippen MR) is 156 cm³/mol. The molecule has 3 atom stereocenters. The summed E-state index contributed by atoms with van der Waals surface area (Å²) in [7, 11) is 0. The van der Waals surface area contributed by atoms with Gasteiger partial charge in [-0.25, -0.2) is 4.90 Å². The molecule has 202 valence electrons. The van der Waals surface area contributed by atoms with Crippen LogP contribution in [-0.2, 0) is 20.9 Å². The van der Waals surface area contributed by atoms with Crippen molar-refractivity contribution in [2.24, 2.45) is 5.92 Å². The maximum Gasteiger partial charge on any atom is 0.308 e. The number of anilines is 2. The topological polar surface area (TPSA) is 109 Å². The number of imide groups is 1. The lowest BCUT2D eigenvalue weighted by Crippen LogP contribution is -2.33. The lowest BCUT2D eigenvalue weighted by atomic mass is 9.82. The number of thiazole rings is 1. The first-order valence-electron chi connectivity index (χ1n) is 12.1. The zero-order valence-electron chi connectivity index (χ0n) is 20.4. The molecule has 2 unspecified atom stereocenters. The number of nitrogens with one attached hydrogen (secondary N) is 1. The summed E-state index contributed by atoms with van der Waals surface area (Å²) >= 11 is 14.0. The number of phenolic OH excluding ortho intramolecular Hbond substituents is 1. The molecule has 0 radical (unpaired) electrons. The van der Waals surface area contributed by atoms with Gasteiger partial charge in [-0.05, 0) is 54.6 Å². The molecule has 8 nitrogen and oxygen atoms in total. The Morgan fingerprint density at radius 1 is 0.900 bits per heavy atom. The van der Waals surface area contributed by atoms with E-state index >= 15 is 0 Å². The van der Waals surface area contributed by atoms with Gasteiger partial charge in [0.25, 0.3) is 0 Å². The van der Waals surface area contributed by atoms with Gasteiger partial charge in [-0.15, -0.1) is 0 Å². The molecule has 3 amide bonds. The Hall–Kier alpha value is -3.57. The third-order valence-electron chi connectivity index (χ3n) is 6.84. The van der Waals surface area contributed by atoms with Crippen LogP contribution in [0.3, 0.4) is 0 Å². The van der Waals surface area contributed by atoms with Crippen LogP contribution >= 0.6 is 46.3 Å². The van der Waals surface area contributed by atoms with Crippen LogP contribution in [0.25, 0.3) is 0 Å². The van der Waals surface area contributed by atoms with Gasteiger partial charge in [0.2, 0.25) is 17.7 Å². The molecule has 40 heavy (non-hydrogen) atoms. The van der Waals surface area contributed by atoms with Gasteiger partial charge in [-0.3, -0.25) is 23.7 Å². The quantitative estimate of drug-likeness (QED) is 0.294. The Morgan fingerprint density at radius 2 is 1.55 bits per heavy atom. The standard InChI is InChI=1S/C28H19Cl2N3O5S2/c29-14-5-9-16(10-6-14)31-20(35)13-32-27-24(40-28(32)38)21(18-3-1-2-4-19(18)34)22-23(39-27)26(37)33(25(22)36)17-11-7-15(30)8-12-17/h1-12,21-23,34H,13H2,(H,31,35)/t21-,22?,23?/m0/s1. The summed E-state index contributed by atoms with van der Waals surface area (Å²) in [4.78, 5) is 55.0. The van der Waals surface area contributed by atoms with Crippen molar-refractivity contribution in [2.75, 3.05) is 10.2 Å². The van der Waals surface area contributed by atoms with E-state index in [9.17, 15) is 24.3 Å². The molecular weight excluding hydrogens is 593 g/mol. The van der Waals surface area contributed by atoms with Crippen molar-refractivity contribution in [3.63, 3.8) is 0 Å². The van der Waals surface area contributed by atoms with Crippen LogP contribution in [0.15, 0.2) is 82.6 Å². The Morgan fingerprint density at radius 3 is 2.23 bits per heavy atom. The number of hydrogen-bond donors (Lipinski definition) is 2. The molecule has 1 aromatic heterocycles. The van der Waals surface area contributed by atoms with Crippen molar-refractivity contribution in [3.05, 3.63) is 103 Å². The van der Waals surface area contributed by atoms with Gasteiger partial charge < -0.3 is 10.4 Å². The minimum Gasteiger partial charge on any atom is -0.508 e. The van der Waals surface area contributed by atoms with E-state index < -0.39 is 39.7 Å². The van der Waals surface area contributed by atoms with Gasteiger partial charge in [0.1, 0.15) is 17.5 Å². The van der Waals surface area contributed by atoms with Crippen molar-refractivity contribution in [1.82, 2.24) is 4.57 Å². The minimum atomic E-state index is -0.875. The van der Waals surface area contributed by atoms with E-state index in [1.807, 2.05) is 0 Å². The first-order valence-corrected chi connectivity index (χ1v) is 14.5. The van der Waals surface area contributed by atoms with Crippen LogP contribution in [0, 0.1) is 5.92 Å². The molecule has 3 heterocycles. The number of fused-ring (bicyclic) bond motifs is 2. The Kier molecular flexibility index (Phi) is 6.95. The number of hydrogen-bond acceptors (Lipinski definition) is 7. The highest BCUT2D eigenvalue weighted by molar-refractivity contribution is 8.00. The second kappa shape index (κ2) is 10.4. The van der Waals surface area contributed by atoms with E-state index in [0.717, 1.165) is 28.0 Å². The Bertz CT molecular complexity index is 1720. The fourth-order valence-corrected chi connectivity index (χ4v) is 8.08. The summed E-state index contributed by atoms with van der Waals surface area (Å²) in [5, 5.41) is 14.1. The molecule has 0 aliphatic carbocycles. The van der Waals surface area contributed by atoms with E-state index in [0.29, 0.717) is 36.9 Å². The third-order valence-corrected chi connectivity index (χ3v) is 9.94. The average molecular weight is 613 g/mol. The van der Waals surface area contributed by atoms with Crippen molar-refractivity contribution in [3.8, 4) is 5.75 Å². The van der Waals surface area contributed by atoms with Crippen molar-refractivity contribution in [1.29, 1.82) is 0 Å². The maximum absolute atomic E-state index is 13.9. The number of carbonyl (C=O) groups excluding carboxylic acids is 3. The number of aromatic hydroxyl groups is 1. The predicted octanol–water partition coefficient (Wildman–Crippen LogP) is 5.36. The summed E-state index contributed by atoms with van der Waals surface area (Å²) in [6.07, 6.45) is 0. The molecule has 0 spiro atoms. The van der Waals surface area contributed by atoms with Gasteiger partial charge in [0.05, 0.1) is 16.6 Å². The van der Waals surface area contributed by atoms with Gasteiger partial charge in [0.15, 0.2) is 0 Å². The highest BCUT2D eigenvalue weighted by atomic mass is 35.5. The van der Waals surface area contributed by atoms with E-state index in [-0.39, 0.29) is 12.3 Å². The van der Waals surface area contributed by atoms with Gasteiger partial charge >= 0.3 is 4.87 Å². The van der Waals surface area contributed by atoms with E-state index in [2.05, 4.69) is 5.32 Å². The monoisotopic (exact) mass is 611 g/mol. The number of aromatic nitrogens is 1. The molecule has 1 fully saturated rings. The fourth-order valence-electron chi connectivity index (χ4n) is 5.06. The number of phenols is 1. The molecule has 12 heteroatoms. The zero-order chi connectivity index (χ0) is 28.1. The van der Waals surface area contributed by atoms with Crippen LogP contribution < -0.4 is 15.1 Å². The molecular formula is C28H19Cl2N3O5S2. The molecule has 2 aliphatic heterocycles. The van der Waals surface area contributed by atoms with Crippen molar-refractivity contribution in [2.45, 2.75) is 22.7 Å². The Balaban J connectivity index is 1.41. The van der Waals surface area contributed by atoms with Crippen LogP contribution in [0.5, 0.6) is 5.75 Å². The molecule has 4 aromatic rings. The number of rotatable bonds is 5. The number of thioether (sulfide) groups is 1. The molecule has 2 aliphatic rings. The highest BCUT2D eigenvalue weighted by Crippen LogP contribution is 2.55. The Labute approximate surface area is 246 Å². The van der Waals surface area contributed by atoms with Crippen LogP contribution in [0.2, 0.25) is 10.0 Å². The molecule has 6 rings (SSSR count). The number of nitrogens with zero attached hydrogens (tertiary/aromatic N) is 2. The number of halogens is 2. The third kappa shape index (κ3) is 4.60. The number of benzene rings is 3. The number of para-hydroxylation sites is 1. The van der Waals surface area contributed by atoms with Gasteiger partial charge in [0, 0.05) is 32.1 Å². The molecule has 0 bridgehead atoms. The van der Waals surface area contributed by atoms with Crippen molar-refractivity contribution < 1.29 is 19.5 Å². The average Bonchev–Trinajstić information content (AvgIpc) is 3.37. The van der Waals surface area contributed by atoms with Crippen LogP contribution in [0.1, 0.15) is 16.4 Å². The van der Waals surface area contributed by atoms with E-state index in [1.54, 1.807) is 66.7 Å². The summed E-state index contributed by atoms with van der Waals surface area (Å²) in [6, 6.07) is 19.5. The van der Waals surface area contributed by atoms with Crippen molar-refractivity contribution >= 4 is 75.4 Å². The van der Waals surface area contributed by atoms with Gasteiger partial charge in [-0.1, -0.05) is 64.5 Å². The van der Waals surface area contributed by atoms with Crippen LogP contribution in [0.4, 0.5) is 11.4 Å². The number of carbonyl (C=O) groups is 3. The molecule has 1 saturated heterocycles. The molecule has 0 saturated carbocycles. The highest BCUT2D eigenvalue weighted by Gasteiger charge is 2.57. The minimum absolute atomic E-state index is 0.0535. The number of amides is 3. The van der Waals surface area contributed by atoms with E-state index in [4.69, 9.17) is 23.2 Å². The van der Waals surface area contributed by atoms with Gasteiger partial charge in [-0.2, -0.15) is 0 Å². The maximum atomic E-state index is 13.9. The second-order valence-corrected chi connectivity index (χ2v) is 12.3. The largest absolute Gasteiger partial charge is 0.508 e. The summed E-state index contributed by atoms with van der Waals surface area (Å²) in [5.74, 6) is -3.01. The summed E-state index contributed by atoms with van der Waals surface area (Å²) in [5.41, 5.74) is 1.33. The normalized spacial score (nSPS) is 19.9. The first kappa shape index (κ1) is 26.6. The molecule has 2 N–H and O–H groups in total. The fraction of sp³-hybridized carbons (Fsp3) is 0.143. The summed E-state index contributed by atoms with van der Waals surface area (Å²) in [6.45, 7) is -0.297. The lowest BCUT2D eigenvalue weighted by molar-refractivity contribution is -0.122.